The van der Waals surface area contributed by atoms with E-state index >= 15 is 0 Å². The van der Waals surface area contributed by atoms with E-state index in [0.717, 1.165) is 18.4 Å². The van der Waals surface area contributed by atoms with Gasteiger partial charge in [0.15, 0.2) is 0 Å². The summed E-state index contributed by atoms with van der Waals surface area (Å²) < 4.78 is 78.4. The van der Waals surface area contributed by atoms with E-state index in [4.69, 9.17) is 13.7 Å². The van der Waals surface area contributed by atoms with Crippen LogP contribution in [0.5, 0.6) is 17.4 Å². The van der Waals surface area contributed by atoms with E-state index in [1.165, 1.54) is 36.3 Å². The topological polar surface area (TPSA) is 122 Å². The number of hydrogen-bond donors (Lipinski definition) is 1. The zero-order valence-corrected chi connectivity index (χ0v) is 20.1. The molecule has 0 aliphatic carbocycles. The molecule has 4 rings (SSSR count). The van der Waals surface area contributed by atoms with Gasteiger partial charge in [-0.05, 0) is 36.4 Å². The van der Waals surface area contributed by atoms with E-state index in [9.17, 15) is 26.4 Å². The minimum atomic E-state index is -4.62. The van der Waals surface area contributed by atoms with Gasteiger partial charge in [0.25, 0.3) is 10.1 Å². The highest BCUT2D eigenvalue weighted by atomic mass is 32.2. The lowest BCUT2D eigenvalue weighted by atomic mass is 10.2. The molecule has 37 heavy (non-hydrogen) atoms. The normalized spacial score (nSPS) is 11.9. The van der Waals surface area contributed by atoms with Crippen LogP contribution in [0.25, 0.3) is 10.9 Å². The summed E-state index contributed by atoms with van der Waals surface area (Å²) in [4.78, 5) is 20.7. The number of alkyl halides is 3. The second-order valence-corrected chi connectivity index (χ2v) is 9.34. The third-order valence-corrected chi connectivity index (χ3v) is 5.49. The summed E-state index contributed by atoms with van der Waals surface area (Å²) in [5.41, 5.74) is -0.297. The molecule has 0 aliphatic rings. The molecular weight excluding hydrogens is 517 g/mol. The average molecular weight is 536 g/mol. The number of hydrogen-bond acceptors (Lipinski definition) is 8. The van der Waals surface area contributed by atoms with Gasteiger partial charge < -0.3 is 14.8 Å². The molecule has 0 atom stereocenters. The second-order valence-electron chi connectivity index (χ2n) is 7.70. The lowest BCUT2D eigenvalue weighted by Gasteiger charge is -2.13. The van der Waals surface area contributed by atoms with Crippen molar-refractivity contribution in [2.24, 2.45) is 0 Å². The van der Waals surface area contributed by atoms with E-state index in [2.05, 4.69) is 15.3 Å². The number of nitrogens with one attached hydrogen (secondary N) is 1. The molecule has 10 nitrogen and oxygen atoms in total. The first-order valence-electron chi connectivity index (χ1n) is 10.4. The fourth-order valence-corrected chi connectivity index (χ4v) is 3.63. The summed E-state index contributed by atoms with van der Waals surface area (Å²) in [5.74, 6) is 0.444. The molecule has 0 aliphatic heterocycles. The number of nitrogens with zero attached hydrogens (tertiary/aromatic N) is 3. The Bertz CT molecular complexity index is 1570. The van der Waals surface area contributed by atoms with Gasteiger partial charge in [-0.3, -0.25) is 8.75 Å². The number of fused-ring (bicyclic) bond motifs is 1. The van der Waals surface area contributed by atoms with Crippen molar-refractivity contribution in [3.05, 3.63) is 72.3 Å². The highest BCUT2D eigenvalue weighted by Gasteiger charge is 2.31. The fraction of sp³-hybridized carbons (Fsp3) is 0.174. The number of anilines is 1. The van der Waals surface area contributed by atoms with Crippen LogP contribution < -0.4 is 14.8 Å². The molecule has 2 heterocycles. The molecule has 2 aromatic heterocycles. The van der Waals surface area contributed by atoms with Crippen LogP contribution in [0.3, 0.4) is 0 Å². The van der Waals surface area contributed by atoms with Crippen molar-refractivity contribution in [2.45, 2.75) is 12.8 Å². The highest BCUT2D eigenvalue weighted by Crippen LogP contribution is 2.34. The third kappa shape index (κ3) is 6.54. The number of carbonyl (C=O) groups excluding carboxylic acids is 1. The van der Waals surface area contributed by atoms with Crippen LogP contribution in [0.1, 0.15) is 11.3 Å². The quantitative estimate of drug-likeness (QED) is 0.334. The molecule has 0 spiro atoms. The first kappa shape index (κ1) is 25.9. The van der Waals surface area contributed by atoms with Crippen molar-refractivity contribution in [2.75, 3.05) is 18.7 Å². The molecule has 0 fully saturated rings. The number of carbonyl (C=O) groups is 1. The zero-order valence-electron chi connectivity index (χ0n) is 19.3. The molecule has 1 amide bonds. The van der Waals surface area contributed by atoms with Crippen LogP contribution in [0, 0.1) is 0 Å². The van der Waals surface area contributed by atoms with Gasteiger partial charge in [0, 0.05) is 29.4 Å². The van der Waals surface area contributed by atoms with Crippen molar-refractivity contribution in [1.82, 2.24) is 14.5 Å². The maximum Gasteiger partial charge on any atom is 0.416 e. The maximum atomic E-state index is 13.2. The van der Waals surface area contributed by atoms with Crippen LogP contribution in [0.15, 0.2) is 61.1 Å². The van der Waals surface area contributed by atoms with Gasteiger partial charge >= 0.3 is 12.2 Å². The smallest absolute Gasteiger partial charge is 0.416 e. The van der Waals surface area contributed by atoms with Gasteiger partial charge in [0.2, 0.25) is 5.88 Å². The summed E-state index contributed by atoms with van der Waals surface area (Å²) in [7, 11) is -2.42. The minimum absolute atomic E-state index is 0.0555. The van der Waals surface area contributed by atoms with Crippen LogP contribution in [-0.4, -0.2) is 42.3 Å². The molecule has 1 N–H and O–H groups in total. The molecule has 0 saturated heterocycles. The highest BCUT2D eigenvalue weighted by molar-refractivity contribution is 7.85. The van der Waals surface area contributed by atoms with E-state index < -0.39 is 27.9 Å². The number of rotatable bonds is 7. The Kier molecular flexibility index (Phi) is 7.05. The minimum Gasteiger partial charge on any atom is -0.497 e. The summed E-state index contributed by atoms with van der Waals surface area (Å²) in [5, 5.41) is 3.05. The first-order chi connectivity index (χ1) is 17.4. The largest absolute Gasteiger partial charge is 0.497 e. The Hall–Kier alpha value is -4.17. The average Bonchev–Trinajstić information content (AvgIpc) is 3.25. The number of amides is 1. The number of aromatic nitrogens is 3. The SMILES string of the molecule is COc1cc(NC(=O)n2ccc3cc(Oc4cc(COS(C)(=O)=O)ncn4)ccc32)cc(C(F)(F)F)c1. The molecular formula is C23H19F3N4O6S. The number of benzene rings is 2. The number of halogens is 3. The van der Waals surface area contributed by atoms with E-state index in [-0.39, 0.29) is 29.6 Å². The van der Waals surface area contributed by atoms with Crippen LogP contribution in [0.4, 0.5) is 23.7 Å². The molecule has 0 unspecified atom stereocenters. The third-order valence-electron chi connectivity index (χ3n) is 4.94. The van der Waals surface area contributed by atoms with Crippen molar-refractivity contribution in [3.63, 3.8) is 0 Å². The van der Waals surface area contributed by atoms with Gasteiger partial charge in [-0.2, -0.15) is 21.6 Å². The lowest BCUT2D eigenvalue weighted by molar-refractivity contribution is -0.137. The summed E-state index contributed by atoms with van der Waals surface area (Å²) in [6.45, 7) is -0.285. The number of methoxy groups -OCH3 is 1. The molecule has 0 bridgehead atoms. The molecule has 194 valence electrons. The predicted octanol–water partition coefficient (Wildman–Crippen LogP) is 4.81. The van der Waals surface area contributed by atoms with Gasteiger partial charge in [0.1, 0.15) is 24.4 Å². The Balaban J connectivity index is 1.52. The maximum absolute atomic E-state index is 13.2. The predicted molar refractivity (Wildman–Crippen MR) is 126 cm³/mol. The Labute approximate surface area is 208 Å². The second kappa shape index (κ2) is 10.1. The Morgan fingerprint density at radius 2 is 1.84 bits per heavy atom. The van der Waals surface area contributed by atoms with Crippen molar-refractivity contribution in [3.8, 4) is 17.4 Å². The fourth-order valence-electron chi connectivity index (χ4n) is 3.30. The summed E-state index contributed by atoms with van der Waals surface area (Å²) in [6.07, 6.45) is -1.04. The van der Waals surface area contributed by atoms with Crippen molar-refractivity contribution >= 4 is 32.7 Å². The molecule has 0 radical (unpaired) electrons. The first-order valence-corrected chi connectivity index (χ1v) is 12.2. The van der Waals surface area contributed by atoms with E-state index in [1.54, 1.807) is 24.3 Å². The molecule has 2 aromatic carbocycles. The van der Waals surface area contributed by atoms with Crippen LogP contribution >= 0.6 is 0 Å². The molecule has 4 aromatic rings. The van der Waals surface area contributed by atoms with Gasteiger partial charge in [-0.1, -0.05) is 0 Å². The Morgan fingerprint density at radius 1 is 1.05 bits per heavy atom. The standard InChI is InChI=1S/C23H19F3N4O6S/c1-34-19-9-15(23(24,25)26)8-16(10-19)29-22(31)30-6-5-14-7-18(3-4-20(14)30)36-21-11-17(27-13-28-21)12-35-37(2,32)33/h3-11,13H,12H2,1-2H3,(H,29,31). The monoisotopic (exact) mass is 536 g/mol. The molecule has 0 saturated carbocycles. The van der Waals surface area contributed by atoms with Crippen molar-refractivity contribution in [1.29, 1.82) is 0 Å². The Morgan fingerprint density at radius 3 is 2.54 bits per heavy atom. The summed E-state index contributed by atoms with van der Waals surface area (Å²) in [6, 6.07) is 10.1. The molecule has 14 heteroatoms. The van der Waals surface area contributed by atoms with Crippen LogP contribution in [0.2, 0.25) is 0 Å². The van der Waals surface area contributed by atoms with Crippen LogP contribution in [-0.2, 0) is 27.1 Å². The van der Waals surface area contributed by atoms with Gasteiger partial charge in [-0.15, -0.1) is 0 Å². The van der Waals surface area contributed by atoms with E-state index in [0.29, 0.717) is 16.7 Å². The summed E-state index contributed by atoms with van der Waals surface area (Å²) >= 11 is 0. The van der Waals surface area contributed by atoms with Gasteiger partial charge in [-0.25, -0.2) is 14.8 Å². The zero-order chi connectivity index (χ0) is 26.8. The number of ether oxygens (including phenoxy) is 2. The van der Waals surface area contributed by atoms with E-state index in [1.807, 2.05) is 0 Å². The van der Waals surface area contributed by atoms with Crippen molar-refractivity contribution < 1.29 is 40.0 Å². The van der Waals surface area contributed by atoms with Gasteiger partial charge in [0.05, 0.1) is 30.1 Å². The lowest BCUT2D eigenvalue weighted by Crippen LogP contribution is -2.19.